The molecule has 0 bridgehead atoms. The van der Waals surface area contributed by atoms with Crippen molar-refractivity contribution < 1.29 is 32.4 Å². The van der Waals surface area contributed by atoms with Crippen LogP contribution in [0.2, 0.25) is 0 Å². The SMILES string of the molecule is CCCC[C@H](NC(=O)C1C2C(CN1C(=O)[C@@H](NC(=O)NC1(CS(=O)(=O)C(C)(C)C)CCCCC1)C(C)(C)C)C2(C)C)C(=O)C(=O)NC1CC1. The van der Waals surface area contributed by atoms with E-state index >= 15 is 0 Å². The lowest BCUT2D eigenvalue weighted by molar-refractivity contribution is -0.145. The van der Waals surface area contributed by atoms with E-state index in [9.17, 15) is 32.4 Å². The normalized spacial score (nSPS) is 25.7. The third kappa shape index (κ3) is 8.79. The van der Waals surface area contributed by atoms with Crippen LogP contribution in [0.15, 0.2) is 0 Å². The molecule has 4 fully saturated rings. The summed E-state index contributed by atoms with van der Waals surface area (Å²) in [5.41, 5.74) is -1.90. The molecule has 0 radical (unpaired) electrons. The molecule has 4 aliphatic rings. The van der Waals surface area contributed by atoms with E-state index in [0.717, 1.165) is 38.5 Å². The number of hydrogen-bond acceptors (Lipinski definition) is 7. The van der Waals surface area contributed by atoms with Crippen molar-refractivity contribution in [3.63, 3.8) is 0 Å². The Labute approximate surface area is 293 Å². The number of carbonyl (C=O) groups excluding carboxylic acids is 5. The van der Waals surface area contributed by atoms with Crippen molar-refractivity contribution in [3.05, 3.63) is 0 Å². The average Bonchev–Trinajstić information content (AvgIpc) is 3.83. The summed E-state index contributed by atoms with van der Waals surface area (Å²) in [4.78, 5) is 69.7. The highest BCUT2D eigenvalue weighted by Gasteiger charge is 2.70. The number of hydrogen-bond donors (Lipinski definition) is 4. The van der Waals surface area contributed by atoms with Crippen molar-refractivity contribution in [2.45, 2.75) is 161 Å². The van der Waals surface area contributed by atoms with Gasteiger partial charge in [-0.3, -0.25) is 19.2 Å². The summed E-state index contributed by atoms with van der Waals surface area (Å²) in [7, 11) is -3.56. The lowest BCUT2D eigenvalue weighted by Crippen LogP contribution is -2.64. The fourth-order valence-corrected chi connectivity index (χ4v) is 9.25. The summed E-state index contributed by atoms with van der Waals surface area (Å²) in [6.07, 6.45) is 6.97. The van der Waals surface area contributed by atoms with Crippen molar-refractivity contribution in [2.24, 2.45) is 22.7 Å². The maximum atomic E-state index is 14.5. The lowest BCUT2D eigenvalue weighted by atomic mass is 9.83. The quantitative estimate of drug-likeness (QED) is 0.212. The molecule has 0 aromatic rings. The van der Waals surface area contributed by atoms with Crippen LogP contribution >= 0.6 is 0 Å². The van der Waals surface area contributed by atoms with Gasteiger partial charge in [0.15, 0.2) is 9.84 Å². The van der Waals surface area contributed by atoms with Crippen molar-refractivity contribution in [3.8, 4) is 0 Å². The molecule has 0 spiro atoms. The average molecular weight is 708 g/mol. The molecule has 5 atom stereocenters. The number of Topliss-reactive ketones (excluding diaryl/α,β-unsaturated/α-hetero) is 1. The van der Waals surface area contributed by atoms with Crippen molar-refractivity contribution >= 4 is 39.4 Å². The molecule has 0 aromatic carbocycles. The van der Waals surface area contributed by atoms with E-state index in [2.05, 4.69) is 35.1 Å². The van der Waals surface area contributed by atoms with Crippen LogP contribution in [0.3, 0.4) is 0 Å². The van der Waals surface area contributed by atoms with E-state index in [4.69, 9.17) is 0 Å². The molecule has 3 unspecified atom stereocenters. The second-order valence-electron chi connectivity index (χ2n) is 17.8. The first-order valence-corrected chi connectivity index (χ1v) is 20.0. The summed E-state index contributed by atoms with van der Waals surface area (Å²) < 4.78 is 25.6. The number of ketones is 1. The van der Waals surface area contributed by atoms with E-state index < -0.39 is 73.2 Å². The fourth-order valence-electron chi connectivity index (χ4n) is 7.73. The number of carbonyl (C=O) groups is 5. The van der Waals surface area contributed by atoms with Gasteiger partial charge in [0.2, 0.25) is 17.6 Å². The Morgan fingerprint density at radius 2 is 1.53 bits per heavy atom. The molecule has 12 nitrogen and oxygen atoms in total. The lowest BCUT2D eigenvalue weighted by Gasteiger charge is -2.41. The number of fused-ring (bicyclic) bond motifs is 1. The highest BCUT2D eigenvalue weighted by Crippen LogP contribution is 2.65. The number of sulfone groups is 1. The minimum atomic E-state index is -3.56. The minimum absolute atomic E-state index is 0.00450. The second-order valence-corrected chi connectivity index (χ2v) is 20.6. The maximum absolute atomic E-state index is 14.5. The molecule has 4 N–H and O–H groups in total. The molecule has 1 heterocycles. The van der Waals surface area contributed by atoms with Crippen LogP contribution < -0.4 is 21.3 Å². The first-order chi connectivity index (χ1) is 22.5. The molecule has 13 heteroatoms. The topological polar surface area (TPSA) is 171 Å². The Kier molecular flexibility index (Phi) is 11.3. The summed E-state index contributed by atoms with van der Waals surface area (Å²) in [5, 5.41) is 11.5. The number of rotatable bonds is 13. The molecular formula is C36H61N5O7S. The Balaban J connectivity index is 1.54. The smallest absolute Gasteiger partial charge is 0.315 e. The number of unbranched alkanes of at least 4 members (excludes halogenated alkanes) is 1. The molecule has 278 valence electrons. The number of amides is 5. The number of urea groups is 1. The van der Waals surface area contributed by atoms with Gasteiger partial charge < -0.3 is 26.2 Å². The monoisotopic (exact) mass is 707 g/mol. The van der Waals surface area contributed by atoms with Crippen LogP contribution in [-0.4, -0.2) is 89.6 Å². The van der Waals surface area contributed by atoms with Gasteiger partial charge in [-0.25, -0.2) is 13.2 Å². The third-order valence-electron chi connectivity index (χ3n) is 11.4. The van der Waals surface area contributed by atoms with E-state index in [-0.39, 0.29) is 29.0 Å². The summed E-state index contributed by atoms with van der Waals surface area (Å²) >= 11 is 0. The Bertz CT molecular complexity index is 1400. The number of nitrogens with zero attached hydrogens (tertiary/aromatic N) is 1. The minimum Gasteiger partial charge on any atom is -0.347 e. The number of likely N-dealkylation sites (tertiary alicyclic amines) is 1. The van der Waals surface area contributed by atoms with Crippen LogP contribution in [0, 0.1) is 22.7 Å². The molecule has 3 saturated carbocycles. The van der Waals surface area contributed by atoms with Crippen LogP contribution in [-0.2, 0) is 29.0 Å². The van der Waals surface area contributed by atoms with Crippen LogP contribution in [0.4, 0.5) is 4.79 Å². The standard InChI is InChI=1S/C36H61N5O7S/c1-10-11-15-24(27(42)30(44)37-22-16-17-22)38-29(43)26-25-23(35(25,8)9)20-41(26)31(45)28(33(2,3)4)39-32(46)40-36(18-13-12-14-19-36)21-49(47,48)34(5,6)7/h22-26,28H,10-21H2,1-9H3,(H,37,44)(H,38,43)(H2,39,40,46)/t23?,24-,25?,26?,28+/m0/s1. The Hall–Kier alpha value is -2.70. The van der Waals surface area contributed by atoms with Gasteiger partial charge in [0, 0.05) is 12.6 Å². The molecule has 3 aliphatic carbocycles. The van der Waals surface area contributed by atoms with E-state index in [0.29, 0.717) is 32.2 Å². The third-order valence-corrected chi connectivity index (χ3v) is 14.2. The molecule has 1 saturated heterocycles. The highest BCUT2D eigenvalue weighted by molar-refractivity contribution is 7.92. The maximum Gasteiger partial charge on any atom is 0.315 e. The van der Waals surface area contributed by atoms with E-state index in [1.54, 1.807) is 20.8 Å². The van der Waals surface area contributed by atoms with E-state index in [1.165, 1.54) is 4.90 Å². The van der Waals surface area contributed by atoms with Gasteiger partial charge in [-0.2, -0.15) is 0 Å². The molecular weight excluding hydrogens is 646 g/mol. The zero-order chi connectivity index (χ0) is 36.7. The second kappa shape index (κ2) is 14.1. The first kappa shape index (κ1) is 39.1. The predicted molar refractivity (Wildman–Crippen MR) is 188 cm³/mol. The largest absolute Gasteiger partial charge is 0.347 e. The zero-order valence-electron chi connectivity index (χ0n) is 31.2. The van der Waals surface area contributed by atoms with Gasteiger partial charge in [-0.15, -0.1) is 0 Å². The van der Waals surface area contributed by atoms with Gasteiger partial charge in [0.1, 0.15) is 12.1 Å². The molecule has 0 aromatic heterocycles. The Morgan fingerprint density at radius 3 is 2.06 bits per heavy atom. The van der Waals surface area contributed by atoms with Crippen molar-refractivity contribution in [2.75, 3.05) is 12.3 Å². The van der Waals surface area contributed by atoms with E-state index in [1.807, 2.05) is 27.7 Å². The summed E-state index contributed by atoms with van der Waals surface area (Å²) in [6.45, 7) is 16.9. The molecule has 49 heavy (non-hydrogen) atoms. The summed E-state index contributed by atoms with van der Waals surface area (Å²) in [5.74, 6) is -2.50. The number of piperidine rings is 1. The number of nitrogens with one attached hydrogen (secondary N) is 4. The first-order valence-electron chi connectivity index (χ1n) is 18.3. The zero-order valence-corrected chi connectivity index (χ0v) is 32.0. The van der Waals surface area contributed by atoms with Gasteiger partial charge >= 0.3 is 6.03 Å². The molecule has 4 rings (SSSR count). The molecule has 1 aliphatic heterocycles. The van der Waals surface area contributed by atoms with Crippen LogP contribution in [0.1, 0.15) is 127 Å². The van der Waals surface area contributed by atoms with Gasteiger partial charge in [-0.1, -0.05) is 73.6 Å². The van der Waals surface area contributed by atoms with Gasteiger partial charge in [0.25, 0.3) is 5.91 Å². The highest BCUT2D eigenvalue weighted by atomic mass is 32.2. The predicted octanol–water partition coefficient (Wildman–Crippen LogP) is 3.62. The van der Waals surface area contributed by atoms with Crippen LogP contribution in [0.25, 0.3) is 0 Å². The van der Waals surface area contributed by atoms with Crippen molar-refractivity contribution in [1.82, 2.24) is 26.2 Å². The van der Waals surface area contributed by atoms with Crippen molar-refractivity contribution in [1.29, 1.82) is 0 Å². The van der Waals surface area contributed by atoms with Crippen LogP contribution in [0.5, 0.6) is 0 Å². The summed E-state index contributed by atoms with van der Waals surface area (Å²) in [6, 6.07) is -3.50. The van der Waals surface area contributed by atoms with Gasteiger partial charge in [0.05, 0.1) is 22.1 Å². The Morgan fingerprint density at radius 1 is 0.918 bits per heavy atom. The van der Waals surface area contributed by atoms with Gasteiger partial charge in [-0.05, 0) is 75.5 Å². The molecule has 5 amide bonds. The fraction of sp³-hybridized carbons (Fsp3) is 0.861.